The molecule has 0 bridgehead atoms. The Morgan fingerprint density at radius 1 is 1.24 bits per heavy atom. The predicted octanol–water partition coefficient (Wildman–Crippen LogP) is 3.70. The molecule has 0 unspecified atom stereocenters. The number of rotatable bonds is 1. The van der Waals surface area contributed by atoms with Crippen LogP contribution >= 0.6 is 15.9 Å². The fourth-order valence-corrected chi connectivity index (χ4v) is 3.63. The lowest BCUT2D eigenvalue weighted by Gasteiger charge is -2.49. The molecule has 2 aliphatic rings. The first-order chi connectivity index (χ1) is 8.22. The monoisotopic (exact) mass is 290 g/mol. The van der Waals surface area contributed by atoms with Gasteiger partial charge in [0.15, 0.2) is 0 Å². The van der Waals surface area contributed by atoms with E-state index in [1.54, 1.807) is 0 Å². The van der Waals surface area contributed by atoms with E-state index >= 15 is 0 Å². The molecule has 1 saturated carbocycles. The van der Waals surface area contributed by atoms with Gasteiger partial charge in [-0.2, -0.15) is 5.26 Å². The molecule has 2 nitrogen and oxygen atoms in total. The third kappa shape index (κ3) is 1.85. The van der Waals surface area contributed by atoms with Crippen LogP contribution in [0, 0.1) is 16.7 Å². The molecule has 1 aromatic rings. The summed E-state index contributed by atoms with van der Waals surface area (Å²) in [7, 11) is 0. The Labute approximate surface area is 110 Å². The third-order valence-corrected chi connectivity index (χ3v) is 4.81. The van der Waals surface area contributed by atoms with Crippen LogP contribution in [-0.4, -0.2) is 13.1 Å². The molecule has 0 N–H and O–H groups in total. The molecule has 0 aromatic heterocycles. The fourth-order valence-electron chi connectivity index (χ4n) is 3.18. The average Bonchev–Trinajstić information content (AvgIpc) is 2.76. The van der Waals surface area contributed by atoms with E-state index < -0.39 is 0 Å². The van der Waals surface area contributed by atoms with Crippen molar-refractivity contribution in [1.82, 2.24) is 0 Å². The third-order valence-electron chi connectivity index (χ3n) is 4.16. The van der Waals surface area contributed by atoms with Crippen LogP contribution in [0.25, 0.3) is 0 Å². The Morgan fingerprint density at radius 2 is 1.94 bits per heavy atom. The van der Waals surface area contributed by atoms with Crippen LogP contribution in [0.1, 0.15) is 31.2 Å². The number of benzene rings is 1. The van der Waals surface area contributed by atoms with E-state index in [1.807, 2.05) is 6.07 Å². The molecule has 0 amide bonds. The summed E-state index contributed by atoms with van der Waals surface area (Å²) >= 11 is 3.45. The summed E-state index contributed by atoms with van der Waals surface area (Å²) in [5.74, 6) is 0. The van der Waals surface area contributed by atoms with Crippen molar-refractivity contribution in [2.45, 2.75) is 25.7 Å². The van der Waals surface area contributed by atoms with Crippen LogP contribution in [-0.2, 0) is 0 Å². The van der Waals surface area contributed by atoms with E-state index in [4.69, 9.17) is 5.26 Å². The predicted molar refractivity (Wildman–Crippen MR) is 72.0 cm³/mol. The minimum absolute atomic E-state index is 0.625. The highest BCUT2D eigenvalue weighted by Crippen LogP contribution is 2.47. The zero-order valence-corrected chi connectivity index (χ0v) is 11.3. The van der Waals surface area contributed by atoms with Gasteiger partial charge in [-0.1, -0.05) is 12.8 Å². The summed E-state index contributed by atoms with van der Waals surface area (Å²) in [4.78, 5) is 2.43. The summed E-state index contributed by atoms with van der Waals surface area (Å²) < 4.78 is 0.907. The first-order valence-corrected chi connectivity index (χ1v) is 6.96. The molecular formula is C14H15BrN2. The van der Waals surface area contributed by atoms with Crippen molar-refractivity contribution < 1.29 is 0 Å². The molecular weight excluding hydrogens is 276 g/mol. The molecule has 1 aromatic carbocycles. The fraction of sp³-hybridized carbons (Fsp3) is 0.500. The first-order valence-electron chi connectivity index (χ1n) is 6.17. The van der Waals surface area contributed by atoms with E-state index in [2.05, 4.69) is 39.0 Å². The molecule has 17 heavy (non-hydrogen) atoms. The van der Waals surface area contributed by atoms with Crippen LogP contribution in [0.5, 0.6) is 0 Å². The zero-order valence-electron chi connectivity index (χ0n) is 9.75. The van der Waals surface area contributed by atoms with Gasteiger partial charge >= 0.3 is 0 Å². The number of halogens is 1. The number of hydrogen-bond donors (Lipinski definition) is 0. The number of anilines is 1. The maximum absolute atomic E-state index is 8.89. The van der Waals surface area contributed by atoms with Crippen molar-refractivity contribution in [3.63, 3.8) is 0 Å². The Bertz CT molecular complexity index is 475. The average molecular weight is 291 g/mol. The van der Waals surface area contributed by atoms with Gasteiger partial charge in [0.05, 0.1) is 5.56 Å². The van der Waals surface area contributed by atoms with Gasteiger partial charge in [-0.3, -0.25) is 0 Å². The number of hydrogen-bond acceptors (Lipinski definition) is 2. The molecule has 1 heterocycles. The van der Waals surface area contributed by atoms with E-state index in [0.29, 0.717) is 11.0 Å². The van der Waals surface area contributed by atoms with Crippen molar-refractivity contribution in [3.8, 4) is 6.07 Å². The van der Waals surface area contributed by atoms with Gasteiger partial charge in [0.1, 0.15) is 6.07 Å². The Balaban J connectivity index is 1.75. The molecule has 1 aliphatic heterocycles. The maximum Gasteiger partial charge on any atom is 0.100 e. The largest absolute Gasteiger partial charge is 0.370 e. The highest BCUT2D eigenvalue weighted by Gasteiger charge is 2.44. The van der Waals surface area contributed by atoms with Gasteiger partial charge in [-0.25, -0.2) is 0 Å². The van der Waals surface area contributed by atoms with Gasteiger partial charge in [0, 0.05) is 28.7 Å². The van der Waals surface area contributed by atoms with Crippen LogP contribution in [0.3, 0.4) is 0 Å². The molecule has 1 saturated heterocycles. The van der Waals surface area contributed by atoms with Crippen LogP contribution < -0.4 is 4.90 Å². The van der Waals surface area contributed by atoms with Crippen molar-refractivity contribution in [2.24, 2.45) is 5.41 Å². The molecule has 1 aliphatic carbocycles. The zero-order chi connectivity index (χ0) is 11.9. The van der Waals surface area contributed by atoms with Crippen LogP contribution in [0.2, 0.25) is 0 Å². The lowest BCUT2D eigenvalue weighted by Crippen LogP contribution is -2.55. The Morgan fingerprint density at radius 3 is 2.53 bits per heavy atom. The van der Waals surface area contributed by atoms with Crippen LogP contribution in [0.4, 0.5) is 5.69 Å². The highest BCUT2D eigenvalue weighted by molar-refractivity contribution is 9.10. The van der Waals surface area contributed by atoms with E-state index in [-0.39, 0.29) is 0 Å². The standard InChI is InChI=1S/C14H15BrN2/c15-13-7-12(4-3-11(13)8-16)17-9-14(10-17)5-1-2-6-14/h3-4,7H,1-2,5-6,9-10H2. The molecule has 88 valence electrons. The molecule has 0 atom stereocenters. The van der Waals surface area contributed by atoms with E-state index in [0.717, 1.165) is 4.47 Å². The molecule has 3 rings (SSSR count). The highest BCUT2D eigenvalue weighted by atomic mass is 79.9. The second kappa shape index (κ2) is 4.03. The summed E-state index contributed by atoms with van der Waals surface area (Å²) in [6, 6.07) is 8.21. The summed E-state index contributed by atoms with van der Waals surface area (Å²) in [6.07, 6.45) is 5.62. The van der Waals surface area contributed by atoms with Gasteiger partial charge < -0.3 is 4.90 Å². The van der Waals surface area contributed by atoms with Crippen molar-refractivity contribution in [1.29, 1.82) is 5.26 Å². The second-order valence-corrected chi connectivity index (χ2v) is 6.19. The minimum atomic E-state index is 0.625. The van der Waals surface area contributed by atoms with Gasteiger partial charge in [-0.15, -0.1) is 0 Å². The normalized spacial score (nSPS) is 21.3. The van der Waals surface area contributed by atoms with E-state index in [1.165, 1.54) is 44.5 Å². The minimum Gasteiger partial charge on any atom is -0.370 e. The van der Waals surface area contributed by atoms with E-state index in [9.17, 15) is 0 Å². The first kappa shape index (κ1) is 11.1. The molecule has 2 fully saturated rings. The Hall–Kier alpha value is -1.01. The smallest absolute Gasteiger partial charge is 0.100 e. The summed E-state index contributed by atoms with van der Waals surface area (Å²) in [5, 5.41) is 8.89. The van der Waals surface area contributed by atoms with Gasteiger partial charge in [0.2, 0.25) is 0 Å². The molecule has 3 heteroatoms. The maximum atomic E-state index is 8.89. The van der Waals surface area contributed by atoms with Crippen molar-refractivity contribution >= 4 is 21.6 Å². The lowest BCUT2D eigenvalue weighted by molar-refractivity contribution is 0.222. The summed E-state index contributed by atoms with van der Waals surface area (Å²) in [5.41, 5.74) is 2.58. The molecule has 0 radical (unpaired) electrons. The van der Waals surface area contributed by atoms with Crippen molar-refractivity contribution in [2.75, 3.05) is 18.0 Å². The molecule has 1 spiro atoms. The Kier molecular flexibility index (Phi) is 2.63. The SMILES string of the molecule is N#Cc1ccc(N2CC3(CCCC3)C2)cc1Br. The lowest BCUT2D eigenvalue weighted by atomic mass is 9.78. The number of nitriles is 1. The van der Waals surface area contributed by atoms with Gasteiger partial charge in [-0.05, 0) is 47.0 Å². The number of nitrogens with zero attached hydrogens (tertiary/aromatic N) is 2. The summed E-state index contributed by atoms with van der Waals surface area (Å²) in [6.45, 7) is 2.40. The second-order valence-electron chi connectivity index (χ2n) is 5.34. The van der Waals surface area contributed by atoms with Crippen molar-refractivity contribution in [3.05, 3.63) is 28.2 Å². The quantitative estimate of drug-likeness (QED) is 0.789. The van der Waals surface area contributed by atoms with Crippen LogP contribution in [0.15, 0.2) is 22.7 Å². The van der Waals surface area contributed by atoms with Gasteiger partial charge in [0.25, 0.3) is 0 Å². The topological polar surface area (TPSA) is 27.0 Å².